The van der Waals surface area contributed by atoms with Crippen LogP contribution in [0.5, 0.6) is 0 Å². The molecule has 6 nitrogen and oxygen atoms in total. The maximum absolute atomic E-state index is 13.2. The Morgan fingerprint density at radius 3 is 2.88 bits per heavy atom. The van der Waals surface area contributed by atoms with Gasteiger partial charge >= 0.3 is 0 Å². The quantitative estimate of drug-likeness (QED) is 0.734. The van der Waals surface area contributed by atoms with Gasteiger partial charge in [-0.3, -0.25) is 14.0 Å². The van der Waals surface area contributed by atoms with Gasteiger partial charge in [-0.15, -0.1) is 0 Å². The van der Waals surface area contributed by atoms with Gasteiger partial charge in [0.1, 0.15) is 11.5 Å². The second kappa shape index (κ2) is 6.51. The lowest BCUT2D eigenvalue weighted by Gasteiger charge is -2.25. The molecule has 1 aliphatic heterocycles. The highest BCUT2D eigenvalue weighted by Crippen LogP contribution is 2.22. The molecule has 1 unspecified atom stereocenters. The average molecular weight is 339 g/mol. The first-order valence-electron chi connectivity index (χ1n) is 8.29. The van der Waals surface area contributed by atoms with E-state index in [1.54, 1.807) is 35.4 Å². The predicted octanol–water partition coefficient (Wildman–Crippen LogP) is 2.51. The van der Waals surface area contributed by atoms with E-state index in [2.05, 4.69) is 10.1 Å². The first-order chi connectivity index (χ1) is 12.2. The fourth-order valence-corrected chi connectivity index (χ4v) is 3.33. The van der Waals surface area contributed by atoms with Crippen molar-refractivity contribution in [1.29, 1.82) is 0 Å². The van der Waals surface area contributed by atoms with Crippen LogP contribution < -0.4 is 0 Å². The van der Waals surface area contributed by atoms with Gasteiger partial charge in [-0.05, 0) is 43.2 Å². The molecule has 1 atom stereocenters. The van der Waals surface area contributed by atoms with Crippen molar-refractivity contribution in [2.24, 2.45) is 0 Å². The van der Waals surface area contributed by atoms with Gasteiger partial charge in [-0.1, -0.05) is 0 Å². The molecule has 1 saturated heterocycles. The summed E-state index contributed by atoms with van der Waals surface area (Å²) in [5.41, 5.74) is 1.20. The van der Waals surface area contributed by atoms with Gasteiger partial charge in [0.05, 0.1) is 25.1 Å². The molecule has 3 heterocycles. The van der Waals surface area contributed by atoms with Crippen molar-refractivity contribution < 1.29 is 9.18 Å². The van der Waals surface area contributed by atoms with E-state index in [9.17, 15) is 9.18 Å². The zero-order valence-corrected chi connectivity index (χ0v) is 13.6. The molecule has 1 amide bonds. The van der Waals surface area contributed by atoms with Crippen LogP contribution in [-0.2, 0) is 6.54 Å². The van der Waals surface area contributed by atoms with E-state index in [-0.39, 0.29) is 17.8 Å². The molecule has 1 fully saturated rings. The molecule has 1 aromatic carbocycles. The summed E-state index contributed by atoms with van der Waals surface area (Å²) in [6.07, 6.45) is 8.72. The predicted molar refractivity (Wildman–Crippen MR) is 89.8 cm³/mol. The van der Waals surface area contributed by atoms with E-state index in [1.807, 2.05) is 21.8 Å². The highest BCUT2D eigenvalue weighted by atomic mass is 19.1. The molecular weight excluding hydrogens is 321 g/mol. The van der Waals surface area contributed by atoms with Crippen LogP contribution >= 0.6 is 0 Å². The van der Waals surface area contributed by atoms with Crippen LogP contribution in [0.1, 0.15) is 23.3 Å². The third kappa shape index (κ3) is 3.05. The minimum Gasteiger partial charge on any atom is -0.332 e. The van der Waals surface area contributed by atoms with E-state index >= 15 is 0 Å². The normalized spacial score (nSPS) is 17.2. The number of hydrogen-bond donors (Lipinski definition) is 0. The average Bonchev–Trinajstić information content (AvgIpc) is 3.37. The summed E-state index contributed by atoms with van der Waals surface area (Å²) in [6, 6.07) is 8.02. The van der Waals surface area contributed by atoms with Gasteiger partial charge in [0, 0.05) is 24.6 Å². The van der Waals surface area contributed by atoms with Gasteiger partial charge in [-0.2, -0.15) is 5.10 Å². The number of carbonyl (C=O) groups is 1. The number of carbonyl (C=O) groups excluding carboxylic acids is 1. The number of aromatic nitrogens is 4. The fourth-order valence-electron chi connectivity index (χ4n) is 3.33. The van der Waals surface area contributed by atoms with E-state index < -0.39 is 0 Å². The van der Waals surface area contributed by atoms with E-state index in [4.69, 9.17) is 0 Å². The van der Waals surface area contributed by atoms with E-state index in [0.29, 0.717) is 17.9 Å². The molecule has 4 rings (SSSR count). The summed E-state index contributed by atoms with van der Waals surface area (Å²) in [6.45, 7) is 1.41. The molecule has 0 N–H and O–H groups in total. The summed E-state index contributed by atoms with van der Waals surface area (Å²) >= 11 is 0. The number of imidazole rings is 1. The van der Waals surface area contributed by atoms with Crippen LogP contribution in [0.2, 0.25) is 0 Å². The third-order valence-electron chi connectivity index (χ3n) is 4.56. The summed E-state index contributed by atoms with van der Waals surface area (Å²) in [5.74, 6) is -0.368. The van der Waals surface area contributed by atoms with Crippen LogP contribution in [0.25, 0.3) is 5.69 Å². The molecule has 128 valence electrons. The van der Waals surface area contributed by atoms with Crippen LogP contribution in [-0.4, -0.2) is 42.7 Å². The minimum absolute atomic E-state index is 0.0588. The number of likely N-dealkylation sites (tertiary alicyclic amines) is 1. The first kappa shape index (κ1) is 15.6. The van der Waals surface area contributed by atoms with Crippen molar-refractivity contribution in [2.45, 2.75) is 25.4 Å². The number of benzene rings is 1. The molecule has 0 aliphatic carbocycles. The largest absolute Gasteiger partial charge is 0.332 e. The molecule has 2 aromatic heterocycles. The smallest absolute Gasteiger partial charge is 0.272 e. The molecule has 0 bridgehead atoms. The maximum atomic E-state index is 13.2. The molecule has 1 aliphatic rings. The van der Waals surface area contributed by atoms with Crippen molar-refractivity contribution in [1.82, 2.24) is 24.2 Å². The molecule has 0 saturated carbocycles. The Balaban J connectivity index is 1.58. The zero-order chi connectivity index (χ0) is 17.2. The summed E-state index contributed by atoms with van der Waals surface area (Å²) < 4.78 is 16.7. The Morgan fingerprint density at radius 2 is 2.12 bits per heavy atom. The number of rotatable bonds is 4. The van der Waals surface area contributed by atoms with E-state index in [1.165, 1.54) is 12.1 Å². The third-order valence-corrected chi connectivity index (χ3v) is 4.56. The van der Waals surface area contributed by atoms with Crippen molar-refractivity contribution in [3.63, 3.8) is 0 Å². The number of amides is 1. The number of hydrogen-bond acceptors (Lipinski definition) is 3. The first-order valence-corrected chi connectivity index (χ1v) is 8.29. The topological polar surface area (TPSA) is 56.0 Å². The Hall–Kier alpha value is -2.96. The molecular formula is C18H18FN5O. The van der Waals surface area contributed by atoms with Crippen LogP contribution in [0.3, 0.4) is 0 Å². The lowest BCUT2D eigenvalue weighted by Crippen LogP contribution is -2.39. The second-order valence-electron chi connectivity index (χ2n) is 6.15. The van der Waals surface area contributed by atoms with Gasteiger partial charge in [0.15, 0.2) is 0 Å². The van der Waals surface area contributed by atoms with Gasteiger partial charge < -0.3 is 4.90 Å². The summed E-state index contributed by atoms with van der Waals surface area (Å²) in [4.78, 5) is 19.1. The van der Waals surface area contributed by atoms with Gasteiger partial charge in [0.2, 0.25) is 0 Å². The Kier molecular flexibility index (Phi) is 4.05. The molecule has 0 radical (unpaired) electrons. The van der Waals surface area contributed by atoms with Crippen LogP contribution in [0.4, 0.5) is 4.39 Å². The van der Waals surface area contributed by atoms with Crippen molar-refractivity contribution in [2.75, 3.05) is 6.54 Å². The van der Waals surface area contributed by atoms with Crippen molar-refractivity contribution in [3.05, 3.63) is 66.8 Å². The zero-order valence-electron chi connectivity index (χ0n) is 13.6. The SMILES string of the molecule is O=C(c1cncn1-c1ccc(F)cc1)N1CCCC1Cn1cccn1. The molecule has 0 spiro atoms. The van der Waals surface area contributed by atoms with Crippen LogP contribution in [0, 0.1) is 5.82 Å². The fraction of sp³-hybridized carbons (Fsp3) is 0.278. The van der Waals surface area contributed by atoms with E-state index in [0.717, 1.165) is 19.4 Å². The maximum Gasteiger partial charge on any atom is 0.272 e. The number of nitrogens with zero attached hydrogens (tertiary/aromatic N) is 5. The summed E-state index contributed by atoms with van der Waals surface area (Å²) in [5, 5.41) is 4.24. The Labute approximate surface area is 144 Å². The monoisotopic (exact) mass is 339 g/mol. The number of halogens is 1. The standard InChI is InChI=1S/C18H18FN5O/c19-14-4-6-15(7-5-14)24-13-20-11-17(24)18(25)23-10-1-3-16(23)12-22-9-2-8-21-22/h2,4-9,11,13,16H,1,3,10,12H2. The van der Waals surface area contributed by atoms with Crippen LogP contribution in [0.15, 0.2) is 55.2 Å². The second-order valence-corrected chi connectivity index (χ2v) is 6.15. The Bertz CT molecular complexity index is 856. The van der Waals surface area contributed by atoms with Gasteiger partial charge in [-0.25, -0.2) is 9.37 Å². The molecule has 7 heteroatoms. The van der Waals surface area contributed by atoms with Crippen molar-refractivity contribution >= 4 is 5.91 Å². The Morgan fingerprint density at radius 1 is 1.28 bits per heavy atom. The highest BCUT2D eigenvalue weighted by Gasteiger charge is 2.31. The molecule has 3 aromatic rings. The molecule has 25 heavy (non-hydrogen) atoms. The summed E-state index contributed by atoms with van der Waals surface area (Å²) in [7, 11) is 0. The van der Waals surface area contributed by atoms with Gasteiger partial charge in [0.25, 0.3) is 5.91 Å². The lowest BCUT2D eigenvalue weighted by molar-refractivity contribution is 0.0713. The van der Waals surface area contributed by atoms with Crippen molar-refractivity contribution in [3.8, 4) is 5.69 Å². The minimum atomic E-state index is -0.310. The lowest BCUT2D eigenvalue weighted by atomic mass is 10.2. The highest BCUT2D eigenvalue weighted by molar-refractivity contribution is 5.93.